The first-order valence-corrected chi connectivity index (χ1v) is 9.19. The molecule has 0 bridgehead atoms. The number of nitrogens with one attached hydrogen (secondary N) is 1. The Balaban J connectivity index is 0.000000753. The average molecular weight is 396 g/mol. The van der Waals surface area contributed by atoms with Crippen molar-refractivity contribution in [1.29, 1.82) is 0 Å². The Hall–Kier alpha value is -1.17. The third-order valence-corrected chi connectivity index (χ3v) is 5.74. The highest BCUT2D eigenvalue weighted by molar-refractivity contribution is 9.10. The number of H-pyrrole nitrogens is 1. The number of aromatic amines is 1. The molecule has 4 N–H and O–H groups in total. The number of aromatic hydroxyl groups is 1. The van der Waals surface area contributed by atoms with Crippen LogP contribution in [-0.2, 0) is 11.3 Å². The van der Waals surface area contributed by atoms with E-state index < -0.39 is 0 Å². The number of hydrogen-bond donors (Lipinski definition) is 3. The van der Waals surface area contributed by atoms with Crippen LogP contribution in [0, 0.1) is 12.8 Å². The normalized spacial score (nSPS) is 24.2. The predicted octanol–water partition coefficient (Wildman–Crippen LogP) is 2.75. The van der Waals surface area contributed by atoms with Crippen molar-refractivity contribution in [2.24, 2.45) is 5.73 Å². The summed E-state index contributed by atoms with van der Waals surface area (Å²) in [4.78, 5) is 9.30. The molecule has 7 heteroatoms. The Kier molecular flexibility index (Phi) is 4.90. The van der Waals surface area contributed by atoms with E-state index in [1.165, 1.54) is 5.56 Å². The molecule has 4 rings (SSSR count). The first-order chi connectivity index (χ1) is 11.1. The van der Waals surface area contributed by atoms with E-state index in [4.69, 9.17) is 10.6 Å². The van der Waals surface area contributed by atoms with E-state index in [1.807, 2.05) is 17.2 Å². The van der Waals surface area contributed by atoms with Crippen LogP contribution in [0.1, 0.15) is 17.3 Å². The van der Waals surface area contributed by atoms with E-state index in [1.54, 1.807) is 11.8 Å². The van der Waals surface area contributed by atoms with Gasteiger partial charge in [0, 0.05) is 34.9 Å². The van der Waals surface area contributed by atoms with Gasteiger partial charge in [-0.25, -0.2) is 0 Å². The Morgan fingerprint density at radius 3 is 3.00 bits per heavy atom. The third-order valence-electron chi connectivity index (χ3n) is 4.21. The number of halogens is 1. The molecule has 2 aliphatic rings. The van der Waals surface area contributed by atoms with E-state index >= 15 is 0 Å². The second-order valence-electron chi connectivity index (χ2n) is 5.48. The first kappa shape index (κ1) is 16.7. The maximum Gasteiger partial charge on any atom is 0.130 e. The Labute approximate surface area is 147 Å². The Morgan fingerprint density at radius 2 is 2.22 bits per heavy atom. The highest BCUT2D eigenvalue weighted by atomic mass is 79.9. The van der Waals surface area contributed by atoms with Gasteiger partial charge in [0.1, 0.15) is 11.7 Å². The summed E-state index contributed by atoms with van der Waals surface area (Å²) >= 11 is 5.10. The quantitative estimate of drug-likeness (QED) is 0.598. The summed E-state index contributed by atoms with van der Waals surface area (Å²) in [6.07, 6.45) is 8.89. The van der Waals surface area contributed by atoms with Crippen LogP contribution < -0.4 is 5.73 Å². The molecule has 1 aromatic heterocycles. The molecule has 3 heterocycles. The van der Waals surface area contributed by atoms with Crippen molar-refractivity contribution < 1.29 is 9.94 Å². The van der Waals surface area contributed by atoms with Crippen LogP contribution in [0.4, 0.5) is 0 Å². The minimum absolute atomic E-state index is 0.0293. The number of nitrogens with zero attached hydrogens (tertiary/aromatic N) is 1. The number of fused-ring (bicyclic) bond motifs is 5. The zero-order valence-electron chi connectivity index (χ0n) is 12.5. The smallest absolute Gasteiger partial charge is 0.130 e. The van der Waals surface area contributed by atoms with Crippen LogP contribution in [0.5, 0.6) is 5.75 Å². The second-order valence-corrected chi connectivity index (χ2v) is 7.32. The molecule has 2 aromatic rings. The molecule has 5 nitrogen and oxygen atoms in total. The number of hydroxylamine groups is 2. The van der Waals surface area contributed by atoms with Gasteiger partial charge in [0.15, 0.2) is 0 Å². The first-order valence-electron chi connectivity index (χ1n) is 7.24. The molecule has 0 aliphatic carbocycles. The fraction of sp³-hybridized carbons (Fsp3) is 0.375. The van der Waals surface area contributed by atoms with Crippen LogP contribution in [0.3, 0.4) is 0 Å². The number of benzene rings is 1. The van der Waals surface area contributed by atoms with Gasteiger partial charge in [0.2, 0.25) is 0 Å². The van der Waals surface area contributed by atoms with E-state index in [2.05, 4.69) is 33.8 Å². The molecular formula is C16H18BrN3O2S. The topological polar surface area (TPSA) is 74.5 Å². The summed E-state index contributed by atoms with van der Waals surface area (Å²) in [6, 6.07) is 3.83. The predicted molar refractivity (Wildman–Crippen MR) is 97.1 cm³/mol. The van der Waals surface area contributed by atoms with Gasteiger partial charge in [-0.1, -0.05) is 0 Å². The molecule has 1 fully saturated rings. The van der Waals surface area contributed by atoms with Crippen molar-refractivity contribution >= 4 is 38.6 Å². The number of phenolic OH excluding ortho intramolecular Hbond substituents is 1. The highest BCUT2D eigenvalue weighted by Gasteiger charge is 2.37. The molecule has 23 heavy (non-hydrogen) atoms. The second kappa shape index (κ2) is 6.75. The summed E-state index contributed by atoms with van der Waals surface area (Å²) < 4.78 is 0.697. The molecule has 2 aliphatic heterocycles. The minimum Gasteiger partial charge on any atom is -0.507 e. The van der Waals surface area contributed by atoms with Crippen molar-refractivity contribution in [3.8, 4) is 18.6 Å². The lowest BCUT2D eigenvalue weighted by Crippen LogP contribution is -2.44. The maximum absolute atomic E-state index is 9.94. The van der Waals surface area contributed by atoms with Gasteiger partial charge < -0.3 is 15.8 Å². The zero-order valence-corrected chi connectivity index (χ0v) is 14.9. The van der Waals surface area contributed by atoms with Crippen molar-refractivity contribution in [3.05, 3.63) is 27.9 Å². The molecule has 1 saturated heterocycles. The summed E-state index contributed by atoms with van der Waals surface area (Å²) in [5, 5.41) is 13.0. The minimum atomic E-state index is 0.0293. The molecule has 0 saturated carbocycles. The summed E-state index contributed by atoms with van der Waals surface area (Å²) in [6.45, 7) is 0.829. The van der Waals surface area contributed by atoms with E-state index in [0.29, 0.717) is 10.4 Å². The highest BCUT2D eigenvalue weighted by Crippen LogP contribution is 2.40. The SMILES string of the molecule is C#C.N[C@@H]1CSCON2CCc3c([nH]c4cc(Br)c(O)cc34)C12. The summed E-state index contributed by atoms with van der Waals surface area (Å²) in [5.74, 6) is 1.81. The van der Waals surface area contributed by atoms with E-state index in [0.717, 1.165) is 35.3 Å². The van der Waals surface area contributed by atoms with Gasteiger partial charge in [-0.05, 0) is 40.0 Å². The number of nitrogens with two attached hydrogens (primary N) is 1. The van der Waals surface area contributed by atoms with Gasteiger partial charge in [-0.15, -0.1) is 24.6 Å². The van der Waals surface area contributed by atoms with Gasteiger partial charge in [-0.3, -0.25) is 4.84 Å². The van der Waals surface area contributed by atoms with Crippen LogP contribution >= 0.6 is 27.7 Å². The molecule has 0 radical (unpaired) electrons. The number of rotatable bonds is 0. The molecule has 0 spiro atoms. The fourth-order valence-corrected chi connectivity index (χ4v) is 4.36. The number of terminal acetylenes is 1. The zero-order chi connectivity index (χ0) is 16.6. The van der Waals surface area contributed by atoms with E-state index in [9.17, 15) is 5.11 Å². The fourth-order valence-electron chi connectivity index (χ4n) is 3.26. The van der Waals surface area contributed by atoms with Crippen LogP contribution in [-0.4, -0.2) is 39.4 Å². The van der Waals surface area contributed by atoms with Crippen LogP contribution in [0.25, 0.3) is 10.9 Å². The van der Waals surface area contributed by atoms with Crippen molar-refractivity contribution in [2.45, 2.75) is 18.5 Å². The molecular weight excluding hydrogens is 378 g/mol. The molecule has 1 aromatic carbocycles. The molecule has 122 valence electrons. The summed E-state index contributed by atoms with van der Waals surface area (Å²) in [5.41, 5.74) is 9.77. The Morgan fingerprint density at radius 1 is 1.43 bits per heavy atom. The maximum atomic E-state index is 9.94. The molecule has 2 atom stereocenters. The lowest BCUT2D eigenvalue weighted by Gasteiger charge is -2.35. The molecule has 1 unspecified atom stereocenters. The van der Waals surface area contributed by atoms with Gasteiger partial charge in [-0.2, -0.15) is 5.06 Å². The van der Waals surface area contributed by atoms with Gasteiger partial charge in [0.05, 0.1) is 10.5 Å². The monoisotopic (exact) mass is 395 g/mol. The standard InChI is InChI=1S/C14H16BrN3O2S.C2H2/c15-9-4-11-8(3-12(9)19)7-1-2-18-14(13(7)17-11)10(16)5-21-6-20-18;1-2/h3-4,10,14,17,19H,1-2,5-6,16H2;1-2H/t10-,14?;/m1./s1. The number of thioether (sulfide) groups is 1. The summed E-state index contributed by atoms with van der Waals surface area (Å²) in [7, 11) is 0. The van der Waals surface area contributed by atoms with Crippen molar-refractivity contribution in [3.63, 3.8) is 0 Å². The number of phenols is 1. The van der Waals surface area contributed by atoms with Crippen molar-refractivity contribution in [2.75, 3.05) is 18.2 Å². The average Bonchev–Trinajstić information content (AvgIpc) is 2.78. The number of aromatic nitrogens is 1. The largest absolute Gasteiger partial charge is 0.507 e. The van der Waals surface area contributed by atoms with Gasteiger partial charge in [0.25, 0.3) is 0 Å². The molecule has 0 amide bonds. The van der Waals surface area contributed by atoms with Crippen molar-refractivity contribution in [1.82, 2.24) is 10.0 Å². The lowest BCUT2D eigenvalue weighted by molar-refractivity contribution is -0.175. The van der Waals surface area contributed by atoms with Crippen LogP contribution in [0.2, 0.25) is 0 Å². The van der Waals surface area contributed by atoms with Crippen LogP contribution in [0.15, 0.2) is 16.6 Å². The third kappa shape index (κ3) is 2.86. The number of hydrogen-bond acceptors (Lipinski definition) is 5. The Bertz CT molecular complexity index is 746. The van der Waals surface area contributed by atoms with E-state index in [-0.39, 0.29) is 17.8 Å². The lowest BCUT2D eigenvalue weighted by atomic mass is 9.95. The van der Waals surface area contributed by atoms with Gasteiger partial charge >= 0.3 is 0 Å².